The summed E-state index contributed by atoms with van der Waals surface area (Å²) >= 11 is 11.9. The van der Waals surface area contributed by atoms with E-state index in [1.807, 2.05) is 0 Å². The van der Waals surface area contributed by atoms with Gasteiger partial charge in [0.15, 0.2) is 11.2 Å². The van der Waals surface area contributed by atoms with E-state index in [4.69, 9.17) is 27.9 Å². The topological polar surface area (TPSA) is 120 Å². The average Bonchev–Trinajstić information content (AvgIpc) is 3.44. The fraction of sp³-hybridized carbons (Fsp3) is 0.160. The van der Waals surface area contributed by atoms with Gasteiger partial charge in [0.2, 0.25) is 5.95 Å². The van der Waals surface area contributed by atoms with Gasteiger partial charge in [0, 0.05) is 16.1 Å². The molecule has 0 bridgehead atoms. The molecular weight excluding hydrogens is 517 g/mol. The van der Waals surface area contributed by atoms with Crippen molar-refractivity contribution in [1.29, 1.82) is 0 Å². The summed E-state index contributed by atoms with van der Waals surface area (Å²) in [7, 11) is 0. The van der Waals surface area contributed by atoms with Gasteiger partial charge in [-0.1, -0.05) is 23.2 Å². The number of aryl methyl sites for hydroxylation is 1. The van der Waals surface area contributed by atoms with Crippen molar-refractivity contribution in [2.24, 2.45) is 0 Å². The van der Waals surface area contributed by atoms with Crippen LogP contribution in [-0.4, -0.2) is 41.0 Å². The number of H-pyrrole nitrogens is 1. The van der Waals surface area contributed by atoms with Crippen LogP contribution < -0.4 is 15.6 Å². The molecule has 0 saturated heterocycles. The Balaban J connectivity index is 1.49. The number of hydrogen-bond donors (Lipinski definition) is 2. The van der Waals surface area contributed by atoms with Gasteiger partial charge in [0.05, 0.1) is 17.6 Å². The van der Waals surface area contributed by atoms with Gasteiger partial charge >= 0.3 is 0 Å². The molecule has 0 radical (unpaired) electrons. The minimum atomic E-state index is -1.24. The Kier molecular flexibility index (Phi) is 6.22. The number of amides is 1. The molecule has 5 rings (SSSR count). The summed E-state index contributed by atoms with van der Waals surface area (Å²) in [6.07, 6.45) is 1.44. The van der Waals surface area contributed by atoms with E-state index in [9.17, 15) is 9.59 Å². The fourth-order valence-corrected chi connectivity index (χ4v) is 3.89. The standard InChI is InChI=1S/C25H21Cl2N7O3/c1-14-12-20(29-23(36)25(2,3)37-18-10-6-16(27)7-11-18)34(32-14)24-30-21-19(22(35)31-24)13-28-33(21)17-8-4-15(26)5-9-17/h4-13H,1-3H3,(H,29,36)(H,30,31,35). The number of halogens is 2. The van der Waals surface area contributed by atoms with Crippen LogP contribution >= 0.6 is 23.2 Å². The number of benzene rings is 2. The highest BCUT2D eigenvalue weighted by atomic mass is 35.5. The van der Waals surface area contributed by atoms with Crippen LogP contribution in [0.3, 0.4) is 0 Å². The van der Waals surface area contributed by atoms with Gasteiger partial charge in [-0.3, -0.25) is 14.6 Å². The van der Waals surface area contributed by atoms with E-state index >= 15 is 0 Å². The zero-order valence-electron chi connectivity index (χ0n) is 20.0. The molecule has 0 fully saturated rings. The molecule has 10 nitrogen and oxygen atoms in total. The highest BCUT2D eigenvalue weighted by Gasteiger charge is 2.31. The largest absolute Gasteiger partial charge is 0.478 e. The van der Waals surface area contributed by atoms with Crippen molar-refractivity contribution in [3.63, 3.8) is 0 Å². The first-order valence-corrected chi connectivity index (χ1v) is 11.9. The summed E-state index contributed by atoms with van der Waals surface area (Å²) < 4.78 is 8.77. The second-order valence-electron chi connectivity index (χ2n) is 8.76. The quantitative estimate of drug-likeness (QED) is 0.323. The maximum Gasteiger partial charge on any atom is 0.269 e. The molecule has 0 aliphatic heterocycles. The van der Waals surface area contributed by atoms with Gasteiger partial charge in [-0.15, -0.1) is 0 Å². The maximum atomic E-state index is 13.2. The van der Waals surface area contributed by atoms with Crippen LogP contribution in [-0.2, 0) is 4.79 Å². The Morgan fingerprint density at radius 3 is 2.35 bits per heavy atom. The number of ether oxygens (including phenoxy) is 1. The summed E-state index contributed by atoms with van der Waals surface area (Å²) in [4.78, 5) is 33.4. The van der Waals surface area contributed by atoms with E-state index < -0.39 is 17.1 Å². The van der Waals surface area contributed by atoms with E-state index in [-0.39, 0.29) is 5.95 Å². The average molecular weight is 538 g/mol. The molecule has 0 aliphatic rings. The molecule has 0 saturated carbocycles. The van der Waals surface area contributed by atoms with Crippen LogP contribution in [0.25, 0.3) is 22.7 Å². The first-order valence-electron chi connectivity index (χ1n) is 11.2. The predicted molar refractivity (Wildman–Crippen MR) is 141 cm³/mol. The molecule has 37 heavy (non-hydrogen) atoms. The van der Waals surface area contributed by atoms with Crippen molar-refractivity contribution in [1.82, 2.24) is 29.5 Å². The zero-order valence-corrected chi connectivity index (χ0v) is 21.5. The third-order valence-corrected chi connectivity index (χ3v) is 6.01. The molecular formula is C25H21Cl2N7O3. The van der Waals surface area contributed by atoms with E-state index in [0.717, 1.165) is 0 Å². The Labute approximate surface area is 220 Å². The number of fused-ring (bicyclic) bond motifs is 1. The van der Waals surface area contributed by atoms with Crippen molar-refractivity contribution >= 4 is 46.0 Å². The molecule has 0 spiro atoms. The van der Waals surface area contributed by atoms with Crippen LogP contribution in [0, 0.1) is 6.92 Å². The monoisotopic (exact) mass is 537 g/mol. The van der Waals surface area contributed by atoms with Crippen LogP contribution in [0.15, 0.2) is 65.6 Å². The molecule has 0 aliphatic carbocycles. The summed E-state index contributed by atoms with van der Waals surface area (Å²) in [5, 5.41) is 13.0. The molecule has 12 heteroatoms. The molecule has 188 valence electrons. The van der Waals surface area contributed by atoms with Crippen molar-refractivity contribution in [2.75, 3.05) is 5.32 Å². The number of carbonyl (C=O) groups is 1. The molecule has 3 aromatic heterocycles. The van der Waals surface area contributed by atoms with Crippen LogP contribution in [0.5, 0.6) is 5.75 Å². The van der Waals surface area contributed by atoms with Crippen molar-refractivity contribution in [2.45, 2.75) is 26.4 Å². The van der Waals surface area contributed by atoms with Crippen molar-refractivity contribution < 1.29 is 9.53 Å². The molecule has 5 aromatic rings. The van der Waals surface area contributed by atoms with E-state index in [2.05, 4.69) is 25.5 Å². The molecule has 0 atom stereocenters. The summed E-state index contributed by atoms with van der Waals surface area (Å²) in [5.41, 5.74) is -0.0557. The van der Waals surface area contributed by atoms with Crippen molar-refractivity contribution in [3.8, 4) is 17.4 Å². The highest BCUT2D eigenvalue weighted by Crippen LogP contribution is 2.24. The van der Waals surface area contributed by atoms with E-state index in [1.165, 1.54) is 15.6 Å². The smallest absolute Gasteiger partial charge is 0.269 e. The number of nitrogens with one attached hydrogen (secondary N) is 2. The van der Waals surface area contributed by atoms with Gasteiger partial charge in [-0.05, 0) is 69.3 Å². The number of carbonyl (C=O) groups excluding carboxylic acids is 1. The first-order chi connectivity index (χ1) is 17.6. The minimum absolute atomic E-state index is 0.105. The van der Waals surface area contributed by atoms with Gasteiger partial charge in [0.1, 0.15) is 17.0 Å². The Morgan fingerprint density at radius 1 is 1.03 bits per heavy atom. The van der Waals surface area contributed by atoms with Crippen LogP contribution in [0.1, 0.15) is 19.5 Å². The Bertz CT molecular complexity index is 1670. The molecule has 2 aromatic carbocycles. The minimum Gasteiger partial charge on any atom is -0.478 e. The molecule has 1 amide bonds. The Morgan fingerprint density at radius 2 is 1.68 bits per heavy atom. The van der Waals surface area contributed by atoms with Crippen molar-refractivity contribution in [3.05, 3.63) is 86.9 Å². The Hall–Kier alpha value is -4.15. The second-order valence-corrected chi connectivity index (χ2v) is 9.64. The number of anilines is 1. The van der Waals surface area contributed by atoms with Crippen LogP contribution in [0.4, 0.5) is 5.82 Å². The number of rotatable bonds is 6. The first kappa shape index (κ1) is 24.5. The second kappa shape index (κ2) is 9.38. The summed E-state index contributed by atoms with van der Waals surface area (Å²) in [6.45, 7) is 5.04. The lowest BCUT2D eigenvalue weighted by molar-refractivity contribution is -0.128. The summed E-state index contributed by atoms with van der Waals surface area (Å²) in [6, 6.07) is 15.4. The normalized spacial score (nSPS) is 11.6. The third kappa shape index (κ3) is 4.93. The third-order valence-electron chi connectivity index (χ3n) is 5.50. The summed E-state index contributed by atoms with van der Waals surface area (Å²) in [5.74, 6) is 0.461. The van der Waals surface area contributed by atoms with Gasteiger partial charge in [-0.25, -0.2) is 4.68 Å². The molecule has 0 unspecified atom stereocenters. The number of nitrogens with zero attached hydrogens (tertiary/aromatic N) is 5. The predicted octanol–water partition coefficient (Wildman–Crippen LogP) is 4.71. The lowest BCUT2D eigenvalue weighted by atomic mass is 10.1. The van der Waals surface area contributed by atoms with Gasteiger partial charge in [0.25, 0.3) is 11.5 Å². The lowest BCUT2D eigenvalue weighted by Gasteiger charge is -2.25. The van der Waals surface area contributed by atoms with Crippen LogP contribution in [0.2, 0.25) is 10.0 Å². The molecule has 2 N–H and O–H groups in total. The maximum absolute atomic E-state index is 13.2. The SMILES string of the molecule is Cc1cc(NC(=O)C(C)(C)Oc2ccc(Cl)cc2)n(-c2nc3c(cnn3-c3ccc(Cl)cc3)c(=O)[nH]2)n1. The van der Waals surface area contributed by atoms with E-state index in [1.54, 1.807) is 75.4 Å². The highest BCUT2D eigenvalue weighted by molar-refractivity contribution is 6.30. The number of hydrogen-bond acceptors (Lipinski definition) is 6. The van der Waals surface area contributed by atoms with Gasteiger partial charge in [-0.2, -0.15) is 19.9 Å². The van der Waals surface area contributed by atoms with E-state index in [0.29, 0.717) is 44.0 Å². The fourth-order valence-electron chi connectivity index (χ4n) is 3.64. The van der Waals surface area contributed by atoms with Gasteiger partial charge < -0.3 is 10.1 Å². The number of aromatic amines is 1. The lowest BCUT2D eigenvalue weighted by Crippen LogP contribution is -2.43. The molecule has 3 heterocycles. The zero-order chi connectivity index (χ0) is 26.3. The number of aromatic nitrogens is 6.